The van der Waals surface area contributed by atoms with Crippen LogP contribution in [0, 0.1) is 5.82 Å². The van der Waals surface area contributed by atoms with Crippen molar-refractivity contribution < 1.29 is 4.39 Å². The molecular formula is C11H9ClFN3. The van der Waals surface area contributed by atoms with Crippen LogP contribution in [0.25, 0.3) is 11.3 Å². The number of rotatable bonds is 1. The molecule has 0 N–H and O–H groups in total. The van der Waals surface area contributed by atoms with Gasteiger partial charge in [-0.3, -0.25) is 0 Å². The number of fused-ring (bicyclic) bond motifs is 1. The highest BCUT2D eigenvalue weighted by atomic mass is 35.5. The van der Waals surface area contributed by atoms with Crippen LogP contribution in [0.15, 0.2) is 18.5 Å². The number of imidazole rings is 1. The maximum Gasteiger partial charge on any atom is 0.137 e. The van der Waals surface area contributed by atoms with Gasteiger partial charge in [-0.2, -0.15) is 0 Å². The molecule has 0 atom stereocenters. The maximum atomic E-state index is 13.6. The molecule has 0 unspecified atom stereocenters. The standard InChI is InChI=1S/C11H9ClFN3/c12-10-4-8(13)7(5-14-10)9-6-16-3-1-2-11(16)15-9/h4-6H,1-3H2. The van der Waals surface area contributed by atoms with Crippen LogP contribution < -0.4 is 0 Å². The highest BCUT2D eigenvalue weighted by molar-refractivity contribution is 6.29. The van der Waals surface area contributed by atoms with Crippen molar-refractivity contribution in [2.45, 2.75) is 19.4 Å². The summed E-state index contributed by atoms with van der Waals surface area (Å²) in [5.74, 6) is 0.640. The normalized spacial score (nSPS) is 14.1. The Kier molecular flexibility index (Phi) is 2.17. The Morgan fingerprint density at radius 3 is 3.06 bits per heavy atom. The Hall–Kier alpha value is -1.42. The molecule has 0 radical (unpaired) electrons. The van der Waals surface area contributed by atoms with Gasteiger partial charge in [-0.25, -0.2) is 14.4 Å². The summed E-state index contributed by atoms with van der Waals surface area (Å²) in [5.41, 5.74) is 1.04. The molecule has 0 bridgehead atoms. The molecule has 0 saturated heterocycles. The van der Waals surface area contributed by atoms with Gasteiger partial charge in [0.15, 0.2) is 0 Å². The van der Waals surface area contributed by atoms with Crippen LogP contribution in [0.1, 0.15) is 12.2 Å². The average Bonchev–Trinajstić information content (AvgIpc) is 2.76. The molecule has 16 heavy (non-hydrogen) atoms. The molecule has 0 spiro atoms. The summed E-state index contributed by atoms with van der Waals surface area (Å²) in [4.78, 5) is 8.27. The zero-order valence-corrected chi connectivity index (χ0v) is 9.21. The van der Waals surface area contributed by atoms with Crippen molar-refractivity contribution in [1.82, 2.24) is 14.5 Å². The third kappa shape index (κ3) is 1.50. The minimum Gasteiger partial charge on any atom is -0.334 e. The van der Waals surface area contributed by atoms with Gasteiger partial charge in [0.25, 0.3) is 0 Å². The first kappa shape index (κ1) is 9.78. The summed E-state index contributed by atoms with van der Waals surface area (Å²) in [6.45, 7) is 0.963. The van der Waals surface area contributed by atoms with Crippen LogP contribution in [0.3, 0.4) is 0 Å². The molecule has 0 amide bonds. The first-order valence-electron chi connectivity index (χ1n) is 5.11. The molecule has 3 nitrogen and oxygen atoms in total. The number of hydrogen-bond acceptors (Lipinski definition) is 2. The fourth-order valence-electron chi connectivity index (χ4n) is 1.98. The lowest BCUT2D eigenvalue weighted by Crippen LogP contribution is -1.88. The number of nitrogens with zero attached hydrogens (tertiary/aromatic N) is 3. The van der Waals surface area contributed by atoms with Crippen molar-refractivity contribution in [3.05, 3.63) is 35.3 Å². The lowest BCUT2D eigenvalue weighted by molar-refractivity contribution is 0.628. The van der Waals surface area contributed by atoms with Crippen molar-refractivity contribution in [2.75, 3.05) is 0 Å². The molecule has 5 heteroatoms. The van der Waals surface area contributed by atoms with Gasteiger partial charge < -0.3 is 4.57 Å². The minimum absolute atomic E-state index is 0.160. The zero-order valence-electron chi connectivity index (χ0n) is 8.45. The van der Waals surface area contributed by atoms with Crippen molar-refractivity contribution >= 4 is 11.6 Å². The molecule has 1 aliphatic heterocycles. The van der Waals surface area contributed by atoms with Gasteiger partial charge in [0.2, 0.25) is 0 Å². The van der Waals surface area contributed by atoms with Crippen LogP contribution in [0.4, 0.5) is 4.39 Å². The summed E-state index contributed by atoms with van der Waals surface area (Å²) >= 11 is 5.60. The van der Waals surface area contributed by atoms with Gasteiger partial charge in [0.1, 0.15) is 16.8 Å². The fraction of sp³-hybridized carbons (Fsp3) is 0.273. The molecule has 0 saturated carbocycles. The predicted octanol–water partition coefficient (Wildman–Crippen LogP) is 2.68. The molecule has 1 aliphatic rings. The van der Waals surface area contributed by atoms with Crippen molar-refractivity contribution in [1.29, 1.82) is 0 Å². The molecule has 3 heterocycles. The van der Waals surface area contributed by atoms with E-state index in [1.165, 1.54) is 12.3 Å². The quantitative estimate of drug-likeness (QED) is 0.714. The van der Waals surface area contributed by atoms with Crippen molar-refractivity contribution in [3.63, 3.8) is 0 Å². The zero-order chi connectivity index (χ0) is 11.1. The van der Waals surface area contributed by atoms with Gasteiger partial charge in [-0.05, 0) is 6.42 Å². The Labute approximate surface area is 96.9 Å². The van der Waals surface area contributed by atoms with Crippen LogP contribution in [-0.2, 0) is 13.0 Å². The van der Waals surface area contributed by atoms with E-state index in [-0.39, 0.29) is 11.0 Å². The second-order valence-electron chi connectivity index (χ2n) is 3.83. The lowest BCUT2D eigenvalue weighted by Gasteiger charge is -1.99. The molecule has 3 rings (SSSR count). The summed E-state index contributed by atoms with van der Waals surface area (Å²) in [5, 5.41) is 0.160. The number of pyridine rings is 1. The Bertz CT molecular complexity index is 529. The topological polar surface area (TPSA) is 30.7 Å². The SMILES string of the molecule is Fc1cc(Cl)ncc1-c1cn2c(n1)CCC2. The third-order valence-corrected chi connectivity index (χ3v) is 2.96. The molecule has 0 aromatic carbocycles. The van der Waals surface area contributed by atoms with E-state index in [0.717, 1.165) is 25.2 Å². The molecule has 82 valence electrons. The van der Waals surface area contributed by atoms with E-state index < -0.39 is 0 Å². The van der Waals surface area contributed by atoms with Crippen LogP contribution in [0.5, 0.6) is 0 Å². The summed E-state index contributed by atoms with van der Waals surface area (Å²) in [6.07, 6.45) is 5.37. The van der Waals surface area contributed by atoms with E-state index in [2.05, 4.69) is 14.5 Å². The van der Waals surface area contributed by atoms with Gasteiger partial charge in [0, 0.05) is 31.4 Å². The van der Waals surface area contributed by atoms with E-state index in [1.807, 2.05) is 6.20 Å². The van der Waals surface area contributed by atoms with Gasteiger partial charge in [0.05, 0.1) is 11.3 Å². The number of aromatic nitrogens is 3. The predicted molar refractivity (Wildman–Crippen MR) is 58.7 cm³/mol. The summed E-state index contributed by atoms with van der Waals surface area (Å²) < 4.78 is 15.7. The molecule has 2 aromatic heterocycles. The van der Waals surface area contributed by atoms with Gasteiger partial charge >= 0.3 is 0 Å². The minimum atomic E-state index is -0.378. The Balaban J connectivity index is 2.08. The molecule has 0 fully saturated rings. The second-order valence-corrected chi connectivity index (χ2v) is 4.21. The number of halogens is 2. The highest BCUT2D eigenvalue weighted by Gasteiger charge is 2.16. The number of hydrogen-bond donors (Lipinski definition) is 0. The molecule has 2 aromatic rings. The fourth-order valence-corrected chi connectivity index (χ4v) is 2.13. The monoisotopic (exact) mass is 237 g/mol. The largest absolute Gasteiger partial charge is 0.334 e. The van der Waals surface area contributed by atoms with Crippen molar-refractivity contribution in [3.8, 4) is 11.3 Å². The first-order chi connectivity index (χ1) is 7.74. The number of aryl methyl sites for hydroxylation is 2. The van der Waals surface area contributed by atoms with E-state index in [1.54, 1.807) is 0 Å². The maximum absolute atomic E-state index is 13.6. The second kappa shape index (κ2) is 3.56. The van der Waals surface area contributed by atoms with Crippen LogP contribution in [0.2, 0.25) is 5.15 Å². The lowest BCUT2D eigenvalue weighted by atomic mass is 10.2. The Morgan fingerprint density at radius 1 is 1.44 bits per heavy atom. The van der Waals surface area contributed by atoms with E-state index in [9.17, 15) is 4.39 Å². The highest BCUT2D eigenvalue weighted by Crippen LogP contribution is 2.25. The van der Waals surface area contributed by atoms with Crippen LogP contribution in [-0.4, -0.2) is 14.5 Å². The van der Waals surface area contributed by atoms with Crippen LogP contribution >= 0.6 is 11.6 Å². The van der Waals surface area contributed by atoms with Gasteiger partial charge in [-0.15, -0.1) is 0 Å². The van der Waals surface area contributed by atoms with E-state index in [4.69, 9.17) is 11.6 Å². The van der Waals surface area contributed by atoms with E-state index in [0.29, 0.717) is 11.3 Å². The third-order valence-electron chi connectivity index (χ3n) is 2.75. The first-order valence-corrected chi connectivity index (χ1v) is 5.49. The molecule has 0 aliphatic carbocycles. The average molecular weight is 238 g/mol. The summed E-state index contributed by atoms with van der Waals surface area (Å²) in [6, 6.07) is 1.21. The smallest absolute Gasteiger partial charge is 0.137 e. The van der Waals surface area contributed by atoms with E-state index >= 15 is 0 Å². The van der Waals surface area contributed by atoms with Crippen molar-refractivity contribution in [2.24, 2.45) is 0 Å². The summed E-state index contributed by atoms with van der Waals surface area (Å²) in [7, 11) is 0. The Morgan fingerprint density at radius 2 is 2.31 bits per heavy atom. The molecular weight excluding hydrogens is 229 g/mol. The van der Waals surface area contributed by atoms with Gasteiger partial charge in [-0.1, -0.05) is 11.6 Å².